The second kappa shape index (κ2) is 6.57. The maximum atomic E-state index is 13.9. The normalized spacial score (nSPS) is 11.2. The van der Waals surface area contributed by atoms with Crippen molar-refractivity contribution in [3.8, 4) is 17.3 Å². The van der Waals surface area contributed by atoms with Crippen LogP contribution in [0.15, 0.2) is 53.6 Å². The molecule has 0 bridgehead atoms. The number of nitrogens with zero attached hydrogens (tertiary/aromatic N) is 1. The molecule has 0 aliphatic heterocycles. The minimum Gasteiger partial charge on any atom is -0.360 e. The van der Waals surface area contributed by atoms with Crippen LogP contribution in [0.2, 0.25) is 0 Å². The zero-order valence-electron chi connectivity index (χ0n) is 12.9. The maximum absolute atomic E-state index is 13.9. The van der Waals surface area contributed by atoms with E-state index in [1.165, 1.54) is 6.07 Å². The number of sulfonamides is 1. The van der Waals surface area contributed by atoms with Crippen molar-refractivity contribution in [2.75, 3.05) is 4.72 Å². The largest absolute Gasteiger partial charge is 0.360 e. The summed E-state index contributed by atoms with van der Waals surface area (Å²) < 4.78 is 67.3. The number of nitriles is 1. The van der Waals surface area contributed by atoms with Crippen molar-refractivity contribution in [1.82, 2.24) is 4.98 Å². The van der Waals surface area contributed by atoms with Crippen LogP contribution in [0.4, 0.5) is 18.9 Å². The average Bonchev–Trinajstić information content (AvgIpc) is 3.07. The molecule has 132 valence electrons. The van der Waals surface area contributed by atoms with Gasteiger partial charge in [-0.25, -0.2) is 21.6 Å². The average molecular weight is 377 g/mol. The molecule has 3 rings (SSSR count). The van der Waals surface area contributed by atoms with Gasteiger partial charge in [-0.3, -0.25) is 4.72 Å². The van der Waals surface area contributed by atoms with Crippen LogP contribution in [0.3, 0.4) is 0 Å². The lowest BCUT2D eigenvalue weighted by Crippen LogP contribution is -2.13. The van der Waals surface area contributed by atoms with Gasteiger partial charge in [0.25, 0.3) is 10.0 Å². The van der Waals surface area contributed by atoms with Crippen LogP contribution in [-0.4, -0.2) is 13.4 Å². The molecule has 0 saturated heterocycles. The quantitative estimate of drug-likeness (QED) is 0.726. The third kappa shape index (κ3) is 3.55. The molecule has 0 aliphatic rings. The predicted octanol–water partition coefficient (Wildman–Crippen LogP) is 3.77. The van der Waals surface area contributed by atoms with Gasteiger partial charge in [0.15, 0.2) is 0 Å². The topological polar surface area (TPSA) is 85.8 Å². The van der Waals surface area contributed by atoms with Crippen molar-refractivity contribution in [1.29, 1.82) is 5.26 Å². The molecule has 1 aromatic heterocycles. The molecule has 26 heavy (non-hydrogen) atoms. The third-order valence-corrected chi connectivity index (χ3v) is 4.83. The first-order valence-electron chi connectivity index (χ1n) is 7.16. The monoisotopic (exact) mass is 377 g/mol. The maximum Gasteiger partial charge on any atom is 0.263 e. The second-order valence-corrected chi connectivity index (χ2v) is 7.00. The molecule has 3 aromatic rings. The van der Waals surface area contributed by atoms with E-state index < -0.39 is 27.5 Å². The van der Waals surface area contributed by atoms with Crippen LogP contribution in [0.25, 0.3) is 11.3 Å². The van der Waals surface area contributed by atoms with E-state index in [0.717, 1.165) is 36.5 Å². The zero-order valence-corrected chi connectivity index (χ0v) is 13.7. The van der Waals surface area contributed by atoms with Crippen molar-refractivity contribution in [2.45, 2.75) is 4.90 Å². The van der Waals surface area contributed by atoms with E-state index in [1.807, 2.05) is 0 Å². The summed E-state index contributed by atoms with van der Waals surface area (Å²) in [6.45, 7) is 0. The Morgan fingerprint density at radius 1 is 1.00 bits per heavy atom. The number of nitrogens with one attached hydrogen (secondary N) is 2. The molecule has 0 unspecified atom stereocenters. The summed E-state index contributed by atoms with van der Waals surface area (Å²) in [5.74, 6) is -2.52. The van der Waals surface area contributed by atoms with Crippen molar-refractivity contribution < 1.29 is 21.6 Å². The van der Waals surface area contributed by atoms with E-state index in [9.17, 15) is 21.6 Å². The predicted molar refractivity (Wildman–Crippen MR) is 88.1 cm³/mol. The van der Waals surface area contributed by atoms with Gasteiger partial charge in [0.2, 0.25) is 0 Å². The van der Waals surface area contributed by atoms with Crippen LogP contribution >= 0.6 is 0 Å². The van der Waals surface area contributed by atoms with Crippen LogP contribution < -0.4 is 4.72 Å². The summed E-state index contributed by atoms with van der Waals surface area (Å²) in [7, 11) is -4.15. The molecule has 0 radical (unpaired) electrons. The van der Waals surface area contributed by atoms with Gasteiger partial charge in [-0.05, 0) is 36.4 Å². The molecule has 0 spiro atoms. The van der Waals surface area contributed by atoms with Gasteiger partial charge in [0.1, 0.15) is 22.3 Å². The lowest BCUT2D eigenvalue weighted by molar-refractivity contribution is 0.584. The van der Waals surface area contributed by atoms with Gasteiger partial charge >= 0.3 is 0 Å². The second-order valence-electron chi connectivity index (χ2n) is 5.32. The third-order valence-electron chi connectivity index (χ3n) is 3.48. The minimum absolute atomic E-state index is 0.0440. The van der Waals surface area contributed by atoms with Gasteiger partial charge in [-0.1, -0.05) is 0 Å². The number of H-pyrrole nitrogens is 1. The van der Waals surface area contributed by atoms with Crippen molar-refractivity contribution >= 4 is 15.7 Å². The Bertz CT molecular complexity index is 1110. The first-order chi connectivity index (χ1) is 12.3. The Balaban J connectivity index is 1.91. The first kappa shape index (κ1) is 17.6. The number of rotatable bonds is 4. The van der Waals surface area contributed by atoms with Crippen LogP contribution in [0.5, 0.6) is 0 Å². The summed E-state index contributed by atoms with van der Waals surface area (Å²) in [4.78, 5) is 2.36. The van der Waals surface area contributed by atoms with Crippen molar-refractivity contribution in [2.24, 2.45) is 0 Å². The van der Waals surface area contributed by atoms with Crippen molar-refractivity contribution in [3.63, 3.8) is 0 Å². The Hall–Kier alpha value is -3.25. The lowest BCUT2D eigenvalue weighted by atomic mass is 10.1. The van der Waals surface area contributed by atoms with Crippen LogP contribution in [-0.2, 0) is 10.0 Å². The summed E-state index contributed by atoms with van der Waals surface area (Å²) in [6.07, 6.45) is 1.11. The molecule has 1 heterocycles. The molecule has 0 fully saturated rings. The summed E-state index contributed by atoms with van der Waals surface area (Å²) in [5, 5.41) is 8.70. The SMILES string of the molecule is N#Cc1ccc(NS(=O)(=O)c2c[nH]c(-c3cc(F)cc(F)c3)c2)c(F)c1. The van der Waals surface area contributed by atoms with Gasteiger partial charge in [-0.2, -0.15) is 5.26 Å². The Morgan fingerprint density at radius 3 is 2.31 bits per heavy atom. The number of aromatic amines is 1. The summed E-state index contributed by atoms with van der Waals surface area (Å²) in [6, 6.07) is 8.96. The first-order valence-corrected chi connectivity index (χ1v) is 8.64. The fraction of sp³-hybridized carbons (Fsp3) is 0. The highest BCUT2D eigenvalue weighted by Crippen LogP contribution is 2.25. The van der Waals surface area contributed by atoms with E-state index in [0.29, 0.717) is 6.07 Å². The highest BCUT2D eigenvalue weighted by Gasteiger charge is 2.19. The lowest BCUT2D eigenvalue weighted by Gasteiger charge is -2.07. The number of hydrogen-bond acceptors (Lipinski definition) is 3. The standard InChI is InChI=1S/C17H10F3N3O2S/c18-12-4-11(5-13(19)6-12)17-7-14(9-22-17)26(24,25)23-16-2-1-10(8-21)3-15(16)20/h1-7,9,22-23H. The van der Waals surface area contributed by atoms with Crippen LogP contribution in [0, 0.1) is 28.8 Å². The smallest absolute Gasteiger partial charge is 0.263 e. The zero-order chi connectivity index (χ0) is 18.9. The number of benzene rings is 2. The van der Waals surface area contributed by atoms with E-state index in [2.05, 4.69) is 9.71 Å². The van der Waals surface area contributed by atoms with E-state index in [-0.39, 0.29) is 27.4 Å². The number of aromatic nitrogens is 1. The van der Waals surface area contributed by atoms with E-state index in [1.54, 1.807) is 6.07 Å². The fourth-order valence-electron chi connectivity index (χ4n) is 2.28. The molecule has 2 aromatic carbocycles. The van der Waals surface area contributed by atoms with Gasteiger partial charge in [0.05, 0.1) is 17.3 Å². The molecule has 0 saturated carbocycles. The Labute approximate surface area is 146 Å². The molecule has 2 N–H and O–H groups in total. The van der Waals surface area contributed by atoms with Gasteiger partial charge in [0, 0.05) is 23.5 Å². The molecular formula is C17H10F3N3O2S. The summed E-state index contributed by atoms with van der Waals surface area (Å²) >= 11 is 0. The fourth-order valence-corrected chi connectivity index (χ4v) is 3.34. The summed E-state index contributed by atoms with van der Waals surface area (Å²) in [5.41, 5.74) is 0.00337. The molecule has 0 atom stereocenters. The number of halogens is 3. The number of hydrogen-bond donors (Lipinski definition) is 2. The molecular weight excluding hydrogens is 367 g/mol. The molecule has 5 nitrogen and oxygen atoms in total. The highest BCUT2D eigenvalue weighted by atomic mass is 32.2. The molecule has 0 amide bonds. The van der Waals surface area contributed by atoms with E-state index >= 15 is 0 Å². The minimum atomic E-state index is -4.15. The molecule has 0 aliphatic carbocycles. The number of anilines is 1. The Kier molecular flexibility index (Phi) is 4.44. The highest BCUT2D eigenvalue weighted by molar-refractivity contribution is 7.92. The van der Waals surface area contributed by atoms with Crippen LogP contribution in [0.1, 0.15) is 5.56 Å². The molecule has 9 heteroatoms. The van der Waals surface area contributed by atoms with Crippen molar-refractivity contribution in [3.05, 3.63) is 71.7 Å². The van der Waals surface area contributed by atoms with Gasteiger partial charge < -0.3 is 4.98 Å². The Morgan fingerprint density at radius 2 is 1.69 bits per heavy atom. The van der Waals surface area contributed by atoms with Gasteiger partial charge in [-0.15, -0.1) is 0 Å². The van der Waals surface area contributed by atoms with E-state index in [4.69, 9.17) is 5.26 Å².